The molecule has 5 heteroatoms. The molecule has 3 heterocycles. The van der Waals surface area contributed by atoms with Gasteiger partial charge in [0.2, 0.25) is 0 Å². The van der Waals surface area contributed by atoms with E-state index in [1.807, 2.05) is 0 Å². The highest BCUT2D eigenvalue weighted by molar-refractivity contribution is 5.93. The number of rotatable bonds is 2. The number of nitrogens with zero attached hydrogens (tertiary/aromatic N) is 1. The highest BCUT2D eigenvalue weighted by Crippen LogP contribution is 2.34. The zero-order valence-corrected chi connectivity index (χ0v) is 12.0. The van der Waals surface area contributed by atoms with Crippen molar-refractivity contribution in [3.63, 3.8) is 0 Å². The Kier molecular flexibility index (Phi) is 3.48. The zero-order valence-electron chi connectivity index (χ0n) is 12.0. The summed E-state index contributed by atoms with van der Waals surface area (Å²) in [5.74, 6) is -0.417. The predicted octanol–water partition coefficient (Wildman–Crippen LogP) is 0.467. The van der Waals surface area contributed by atoms with Gasteiger partial charge in [-0.15, -0.1) is 0 Å². The molecule has 0 bridgehead atoms. The molecule has 0 aliphatic carbocycles. The van der Waals surface area contributed by atoms with E-state index < -0.39 is 5.91 Å². The van der Waals surface area contributed by atoms with Gasteiger partial charge in [0.15, 0.2) is 0 Å². The van der Waals surface area contributed by atoms with Crippen molar-refractivity contribution in [1.29, 1.82) is 0 Å². The van der Waals surface area contributed by atoms with Gasteiger partial charge < -0.3 is 16.4 Å². The fourth-order valence-electron chi connectivity index (χ4n) is 3.33. The number of hydrogen-bond acceptors (Lipinski definition) is 4. The lowest BCUT2D eigenvalue weighted by atomic mass is 9.75. The van der Waals surface area contributed by atoms with Crippen LogP contribution in [-0.2, 0) is 18.4 Å². The van der Waals surface area contributed by atoms with Crippen molar-refractivity contribution >= 4 is 5.91 Å². The van der Waals surface area contributed by atoms with Crippen LogP contribution in [0.2, 0.25) is 0 Å². The van der Waals surface area contributed by atoms with E-state index >= 15 is 0 Å². The summed E-state index contributed by atoms with van der Waals surface area (Å²) in [7, 11) is 0. The summed E-state index contributed by atoms with van der Waals surface area (Å²) in [6, 6.07) is 2.18. The minimum Gasteiger partial charge on any atom is -0.364 e. The topological polar surface area (TPSA) is 80.0 Å². The van der Waals surface area contributed by atoms with Gasteiger partial charge in [0, 0.05) is 18.5 Å². The number of carbonyl (C=O) groups excluding carboxylic acids is 1. The van der Waals surface area contributed by atoms with Gasteiger partial charge in [-0.2, -0.15) is 0 Å². The first-order valence-corrected chi connectivity index (χ1v) is 7.35. The van der Waals surface area contributed by atoms with Crippen LogP contribution in [0.25, 0.3) is 0 Å². The first-order valence-electron chi connectivity index (χ1n) is 7.35. The van der Waals surface area contributed by atoms with E-state index in [1.54, 1.807) is 0 Å². The van der Waals surface area contributed by atoms with Crippen molar-refractivity contribution in [2.75, 3.05) is 19.6 Å². The number of pyridine rings is 1. The van der Waals surface area contributed by atoms with Gasteiger partial charge in [-0.05, 0) is 43.5 Å². The van der Waals surface area contributed by atoms with Crippen LogP contribution in [0, 0.1) is 0 Å². The van der Waals surface area contributed by atoms with Crippen LogP contribution < -0.4 is 16.4 Å². The monoisotopic (exact) mass is 274 g/mol. The van der Waals surface area contributed by atoms with Crippen molar-refractivity contribution in [2.24, 2.45) is 5.73 Å². The van der Waals surface area contributed by atoms with Crippen LogP contribution >= 0.6 is 0 Å². The largest absolute Gasteiger partial charge is 0.364 e. The molecule has 1 saturated heterocycles. The molecule has 0 unspecified atom stereocenters. The van der Waals surface area contributed by atoms with Crippen LogP contribution in [0.5, 0.6) is 0 Å². The van der Waals surface area contributed by atoms with Crippen molar-refractivity contribution in [2.45, 2.75) is 38.1 Å². The molecule has 1 amide bonds. The molecule has 20 heavy (non-hydrogen) atoms. The van der Waals surface area contributed by atoms with Crippen molar-refractivity contribution in [3.8, 4) is 0 Å². The number of amides is 1. The predicted molar refractivity (Wildman–Crippen MR) is 77.6 cm³/mol. The number of aromatic nitrogens is 1. The third-order valence-electron chi connectivity index (χ3n) is 4.54. The smallest absolute Gasteiger partial charge is 0.267 e. The van der Waals surface area contributed by atoms with Crippen molar-refractivity contribution in [1.82, 2.24) is 15.6 Å². The van der Waals surface area contributed by atoms with Crippen LogP contribution in [-0.4, -0.2) is 30.5 Å². The molecule has 2 aliphatic heterocycles. The number of primary amides is 1. The molecule has 0 spiro atoms. The Balaban J connectivity index is 2.10. The van der Waals surface area contributed by atoms with Crippen molar-refractivity contribution in [3.05, 3.63) is 28.6 Å². The summed E-state index contributed by atoms with van der Waals surface area (Å²) in [5.41, 5.74) is 9.24. The third-order valence-corrected chi connectivity index (χ3v) is 4.54. The molecule has 3 rings (SSSR count). The second-order valence-electron chi connectivity index (χ2n) is 6.12. The van der Waals surface area contributed by atoms with Gasteiger partial charge >= 0.3 is 0 Å². The van der Waals surface area contributed by atoms with Crippen LogP contribution in [0.1, 0.15) is 47.1 Å². The average Bonchev–Trinajstić information content (AvgIpc) is 2.46. The van der Waals surface area contributed by atoms with E-state index in [0.717, 1.165) is 56.7 Å². The minimum absolute atomic E-state index is 0.0461. The van der Waals surface area contributed by atoms with Crippen LogP contribution in [0.15, 0.2) is 6.07 Å². The summed E-state index contributed by atoms with van der Waals surface area (Å²) >= 11 is 0. The van der Waals surface area contributed by atoms with E-state index in [1.165, 1.54) is 5.56 Å². The Labute approximate surface area is 119 Å². The van der Waals surface area contributed by atoms with Crippen molar-refractivity contribution < 1.29 is 4.79 Å². The number of piperidine rings is 1. The Hall–Kier alpha value is -1.46. The van der Waals surface area contributed by atoms with E-state index in [-0.39, 0.29) is 5.41 Å². The van der Waals surface area contributed by atoms with E-state index in [2.05, 4.69) is 28.6 Å². The maximum atomic E-state index is 11.8. The second kappa shape index (κ2) is 5.14. The fraction of sp³-hybridized carbons (Fsp3) is 0.600. The molecular weight excluding hydrogens is 252 g/mol. The summed E-state index contributed by atoms with van der Waals surface area (Å²) in [5, 5.41) is 6.72. The van der Waals surface area contributed by atoms with E-state index in [4.69, 9.17) is 5.73 Å². The maximum absolute atomic E-state index is 11.8. The van der Waals surface area contributed by atoms with Crippen LogP contribution in [0.4, 0.5) is 0 Å². The summed E-state index contributed by atoms with van der Waals surface area (Å²) in [6.45, 7) is 5.83. The lowest BCUT2D eigenvalue weighted by molar-refractivity contribution is 0.0992. The third kappa shape index (κ3) is 2.31. The standard InChI is InChI=1S/C15H22N4O/c1-15(4-2-5-18-9-15)11-7-10-3-6-17-8-12(10)19-13(11)14(16)20/h7,17-18H,2-6,8-9H2,1H3,(H2,16,20)/t15-/m1/s1. The minimum atomic E-state index is -0.417. The van der Waals surface area contributed by atoms with Gasteiger partial charge in [0.05, 0.1) is 5.69 Å². The summed E-state index contributed by atoms with van der Waals surface area (Å²) in [6.07, 6.45) is 3.16. The summed E-state index contributed by atoms with van der Waals surface area (Å²) in [4.78, 5) is 16.4. The lowest BCUT2D eigenvalue weighted by Crippen LogP contribution is -2.43. The highest BCUT2D eigenvalue weighted by Gasteiger charge is 2.34. The SMILES string of the molecule is C[C@@]1(c2cc3c(nc2C(N)=O)CNCC3)CCCNC1. The van der Waals surface area contributed by atoms with Gasteiger partial charge in [-0.1, -0.05) is 13.0 Å². The molecule has 0 saturated carbocycles. The molecule has 108 valence electrons. The summed E-state index contributed by atoms with van der Waals surface area (Å²) < 4.78 is 0. The van der Waals surface area contributed by atoms with Gasteiger partial charge in [-0.25, -0.2) is 4.98 Å². The molecule has 4 N–H and O–H groups in total. The Morgan fingerprint density at radius 3 is 2.95 bits per heavy atom. The Morgan fingerprint density at radius 1 is 1.40 bits per heavy atom. The molecule has 0 aromatic carbocycles. The number of hydrogen-bond donors (Lipinski definition) is 3. The molecule has 1 aromatic heterocycles. The second-order valence-corrected chi connectivity index (χ2v) is 6.12. The van der Waals surface area contributed by atoms with Gasteiger partial charge in [0.25, 0.3) is 5.91 Å². The van der Waals surface area contributed by atoms with Gasteiger partial charge in [-0.3, -0.25) is 4.79 Å². The normalized spacial score (nSPS) is 26.1. The maximum Gasteiger partial charge on any atom is 0.267 e. The number of carbonyl (C=O) groups is 1. The van der Waals surface area contributed by atoms with Gasteiger partial charge in [0.1, 0.15) is 5.69 Å². The number of fused-ring (bicyclic) bond motifs is 1. The Morgan fingerprint density at radius 2 is 2.25 bits per heavy atom. The molecule has 0 radical (unpaired) electrons. The Bertz CT molecular complexity index is 535. The van der Waals surface area contributed by atoms with Crippen LogP contribution in [0.3, 0.4) is 0 Å². The molecular formula is C15H22N4O. The molecule has 2 aliphatic rings. The fourth-order valence-corrected chi connectivity index (χ4v) is 3.33. The first-order chi connectivity index (χ1) is 9.60. The molecule has 5 nitrogen and oxygen atoms in total. The quantitative estimate of drug-likeness (QED) is 0.732. The van der Waals surface area contributed by atoms with E-state index in [0.29, 0.717) is 5.69 Å². The molecule has 1 aromatic rings. The number of nitrogens with one attached hydrogen (secondary N) is 2. The molecule has 1 fully saturated rings. The lowest BCUT2D eigenvalue weighted by Gasteiger charge is -2.36. The number of nitrogens with two attached hydrogens (primary N) is 1. The zero-order chi connectivity index (χ0) is 14.2. The van der Waals surface area contributed by atoms with E-state index in [9.17, 15) is 4.79 Å². The first kappa shape index (κ1) is 13.5. The average molecular weight is 274 g/mol. The highest BCUT2D eigenvalue weighted by atomic mass is 16.1. The molecule has 1 atom stereocenters.